The number of nitrogens with zero attached hydrogens (tertiary/aromatic N) is 2. The number of halogens is 1. The average molecular weight is 293 g/mol. The van der Waals surface area contributed by atoms with Crippen molar-refractivity contribution in [3.63, 3.8) is 0 Å². The number of benzene rings is 1. The van der Waals surface area contributed by atoms with Gasteiger partial charge in [-0.2, -0.15) is 5.10 Å². The summed E-state index contributed by atoms with van der Waals surface area (Å²) in [6.45, 7) is 0. The number of hydrogen-bond donors (Lipinski definition) is 2. The van der Waals surface area contributed by atoms with Gasteiger partial charge in [-0.15, -0.1) is 0 Å². The van der Waals surface area contributed by atoms with E-state index in [4.69, 9.17) is 11.6 Å². The Labute approximate surface area is 120 Å². The standard InChI is InChI=1S/C13H13ClN4O2/c1-18-11(6-7-15-18)13(20)17-16-12(19)8-9-2-4-10(14)5-3-9/h2-7H,8H2,1H3,(H,16,19)(H,17,20). The van der Waals surface area contributed by atoms with E-state index in [-0.39, 0.29) is 12.3 Å². The van der Waals surface area contributed by atoms with Crippen LogP contribution < -0.4 is 10.9 Å². The number of amides is 2. The quantitative estimate of drug-likeness (QED) is 0.831. The lowest BCUT2D eigenvalue weighted by Gasteiger charge is -2.07. The van der Waals surface area contributed by atoms with Crippen molar-refractivity contribution < 1.29 is 9.59 Å². The minimum atomic E-state index is -0.422. The monoisotopic (exact) mass is 292 g/mol. The van der Waals surface area contributed by atoms with E-state index in [0.29, 0.717) is 10.7 Å². The Balaban J connectivity index is 1.85. The first-order valence-corrected chi connectivity index (χ1v) is 6.25. The van der Waals surface area contributed by atoms with E-state index in [0.717, 1.165) is 5.56 Å². The first kappa shape index (κ1) is 14.1. The molecular formula is C13H13ClN4O2. The second-order valence-electron chi connectivity index (χ2n) is 4.15. The molecule has 0 atom stereocenters. The Morgan fingerprint density at radius 1 is 1.20 bits per heavy atom. The highest BCUT2D eigenvalue weighted by Crippen LogP contribution is 2.09. The van der Waals surface area contributed by atoms with Crippen molar-refractivity contribution in [2.24, 2.45) is 7.05 Å². The zero-order valence-electron chi connectivity index (χ0n) is 10.8. The van der Waals surface area contributed by atoms with Gasteiger partial charge in [0.15, 0.2) is 0 Å². The van der Waals surface area contributed by atoms with Crippen LogP contribution in [0.1, 0.15) is 16.1 Å². The second-order valence-corrected chi connectivity index (χ2v) is 4.58. The number of carbonyl (C=O) groups excluding carboxylic acids is 2. The molecule has 2 aromatic rings. The molecule has 0 spiro atoms. The summed E-state index contributed by atoms with van der Waals surface area (Å²) in [7, 11) is 1.64. The number of aromatic nitrogens is 2. The van der Waals surface area contributed by atoms with Crippen LogP contribution in [0, 0.1) is 0 Å². The molecule has 104 valence electrons. The van der Waals surface area contributed by atoms with Gasteiger partial charge in [0.25, 0.3) is 5.91 Å². The maximum absolute atomic E-state index is 11.7. The third-order valence-corrected chi connectivity index (χ3v) is 2.90. The fraction of sp³-hybridized carbons (Fsp3) is 0.154. The van der Waals surface area contributed by atoms with Crippen molar-refractivity contribution in [1.29, 1.82) is 0 Å². The van der Waals surface area contributed by atoms with Crippen molar-refractivity contribution >= 4 is 23.4 Å². The number of hydrogen-bond acceptors (Lipinski definition) is 3. The Bertz CT molecular complexity index is 622. The minimum absolute atomic E-state index is 0.156. The van der Waals surface area contributed by atoms with Gasteiger partial charge in [-0.25, -0.2) is 0 Å². The summed E-state index contributed by atoms with van der Waals surface area (Å²) in [5.41, 5.74) is 5.85. The van der Waals surface area contributed by atoms with Gasteiger partial charge in [-0.1, -0.05) is 23.7 Å². The predicted molar refractivity (Wildman–Crippen MR) is 74.0 cm³/mol. The molecular weight excluding hydrogens is 280 g/mol. The number of nitrogens with one attached hydrogen (secondary N) is 2. The Kier molecular flexibility index (Phi) is 4.37. The first-order valence-electron chi connectivity index (χ1n) is 5.88. The molecule has 0 bridgehead atoms. The van der Waals surface area contributed by atoms with Gasteiger partial charge in [0, 0.05) is 18.3 Å². The SMILES string of the molecule is Cn1nccc1C(=O)NNC(=O)Cc1ccc(Cl)cc1. The molecule has 0 saturated carbocycles. The zero-order chi connectivity index (χ0) is 14.5. The maximum Gasteiger partial charge on any atom is 0.287 e. The lowest BCUT2D eigenvalue weighted by atomic mass is 10.1. The summed E-state index contributed by atoms with van der Waals surface area (Å²) < 4.78 is 1.42. The van der Waals surface area contributed by atoms with Crippen LogP contribution in [-0.4, -0.2) is 21.6 Å². The number of rotatable bonds is 3. The summed E-state index contributed by atoms with van der Waals surface area (Å²) in [6, 6.07) is 8.48. The highest BCUT2D eigenvalue weighted by molar-refractivity contribution is 6.30. The molecule has 0 fully saturated rings. The van der Waals surface area contributed by atoms with Crippen molar-refractivity contribution in [3.8, 4) is 0 Å². The van der Waals surface area contributed by atoms with Gasteiger partial charge in [-0.3, -0.25) is 25.1 Å². The zero-order valence-corrected chi connectivity index (χ0v) is 11.5. The average Bonchev–Trinajstić information content (AvgIpc) is 2.85. The summed E-state index contributed by atoms with van der Waals surface area (Å²) in [4.78, 5) is 23.4. The van der Waals surface area contributed by atoms with Crippen LogP contribution in [-0.2, 0) is 18.3 Å². The molecule has 0 saturated heterocycles. The summed E-state index contributed by atoms with van der Waals surface area (Å²) in [5.74, 6) is -0.739. The molecule has 1 aromatic carbocycles. The third kappa shape index (κ3) is 3.58. The number of hydrazine groups is 1. The fourth-order valence-electron chi connectivity index (χ4n) is 1.62. The van der Waals surface area contributed by atoms with Crippen LogP contribution in [0.4, 0.5) is 0 Å². The minimum Gasteiger partial charge on any atom is -0.273 e. The molecule has 1 aromatic heterocycles. The summed E-state index contributed by atoms with van der Waals surface area (Å²) in [6.07, 6.45) is 1.66. The highest BCUT2D eigenvalue weighted by atomic mass is 35.5. The van der Waals surface area contributed by atoms with Crippen LogP contribution in [0.5, 0.6) is 0 Å². The van der Waals surface area contributed by atoms with Crippen LogP contribution in [0.15, 0.2) is 36.5 Å². The number of aryl methyl sites for hydroxylation is 1. The number of carbonyl (C=O) groups is 2. The van der Waals surface area contributed by atoms with Crippen LogP contribution in [0.2, 0.25) is 5.02 Å². The molecule has 0 aliphatic heterocycles. The lowest BCUT2D eigenvalue weighted by molar-refractivity contribution is -0.121. The van der Waals surface area contributed by atoms with E-state index in [1.165, 1.54) is 10.9 Å². The first-order chi connectivity index (χ1) is 9.56. The van der Waals surface area contributed by atoms with E-state index >= 15 is 0 Å². The molecule has 20 heavy (non-hydrogen) atoms. The Hall–Kier alpha value is -2.34. The molecule has 2 N–H and O–H groups in total. The molecule has 2 rings (SSSR count). The molecule has 7 heteroatoms. The van der Waals surface area contributed by atoms with Crippen molar-refractivity contribution in [3.05, 3.63) is 52.8 Å². The fourth-order valence-corrected chi connectivity index (χ4v) is 1.74. The van der Waals surface area contributed by atoms with Gasteiger partial charge >= 0.3 is 0 Å². The summed E-state index contributed by atoms with van der Waals surface area (Å²) in [5, 5.41) is 4.48. The normalized spacial score (nSPS) is 10.1. The van der Waals surface area contributed by atoms with Crippen LogP contribution in [0.3, 0.4) is 0 Å². The van der Waals surface area contributed by atoms with Crippen molar-refractivity contribution in [2.75, 3.05) is 0 Å². The smallest absolute Gasteiger partial charge is 0.273 e. The molecule has 2 amide bonds. The van der Waals surface area contributed by atoms with Gasteiger partial charge in [0.1, 0.15) is 5.69 Å². The summed E-state index contributed by atoms with van der Waals surface area (Å²) >= 11 is 5.76. The van der Waals surface area contributed by atoms with Crippen molar-refractivity contribution in [2.45, 2.75) is 6.42 Å². The topological polar surface area (TPSA) is 76.0 Å². The van der Waals surface area contributed by atoms with Gasteiger partial charge in [0.05, 0.1) is 6.42 Å². The molecule has 0 radical (unpaired) electrons. The van der Waals surface area contributed by atoms with Gasteiger partial charge in [0.2, 0.25) is 5.91 Å². The Morgan fingerprint density at radius 2 is 1.90 bits per heavy atom. The van der Waals surface area contributed by atoms with Gasteiger partial charge in [-0.05, 0) is 23.8 Å². The highest BCUT2D eigenvalue weighted by Gasteiger charge is 2.10. The molecule has 0 unspecified atom stereocenters. The van der Waals surface area contributed by atoms with E-state index < -0.39 is 5.91 Å². The van der Waals surface area contributed by atoms with Crippen LogP contribution in [0.25, 0.3) is 0 Å². The molecule has 1 heterocycles. The predicted octanol–water partition coefficient (Wildman–Crippen LogP) is 1.08. The van der Waals surface area contributed by atoms with Gasteiger partial charge < -0.3 is 0 Å². The van der Waals surface area contributed by atoms with E-state index in [1.54, 1.807) is 37.4 Å². The van der Waals surface area contributed by atoms with Crippen LogP contribution >= 0.6 is 11.6 Å². The van der Waals surface area contributed by atoms with E-state index in [9.17, 15) is 9.59 Å². The molecule has 0 aliphatic carbocycles. The molecule has 6 nitrogen and oxygen atoms in total. The van der Waals surface area contributed by atoms with E-state index in [1.807, 2.05) is 0 Å². The van der Waals surface area contributed by atoms with Crippen molar-refractivity contribution in [1.82, 2.24) is 20.6 Å². The third-order valence-electron chi connectivity index (χ3n) is 2.65. The molecule has 0 aliphatic rings. The maximum atomic E-state index is 11.7. The largest absolute Gasteiger partial charge is 0.287 e. The second kappa shape index (κ2) is 6.21. The Morgan fingerprint density at radius 3 is 2.50 bits per heavy atom. The van der Waals surface area contributed by atoms with E-state index in [2.05, 4.69) is 16.0 Å². The lowest BCUT2D eigenvalue weighted by Crippen LogP contribution is -2.43.